The molecule has 0 aliphatic rings. The molecule has 2 atom stereocenters. The summed E-state index contributed by atoms with van der Waals surface area (Å²) in [6, 6.07) is -1.22. The fourth-order valence-corrected chi connectivity index (χ4v) is 1.76. The van der Waals surface area contributed by atoms with E-state index < -0.39 is 18.0 Å². The molecule has 2 amide bonds. The summed E-state index contributed by atoms with van der Waals surface area (Å²) in [4.78, 5) is 22.5. The highest BCUT2D eigenvalue weighted by Gasteiger charge is 2.20. The number of hydrogen-bond donors (Lipinski definition) is 3. The van der Waals surface area contributed by atoms with Crippen LogP contribution >= 0.6 is 11.8 Å². The monoisotopic (exact) mass is 276 g/mol. The van der Waals surface area contributed by atoms with E-state index in [0.717, 1.165) is 6.42 Å². The summed E-state index contributed by atoms with van der Waals surface area (Å²) in [6.45, 7) is 6.50. The van der Waals surface area contributed by atoms with E-state index in [1.165, 1.54) is 0 Å². The molecule has 0 saturated heterocycles. The molecule has 18 heavy (non-hydrogen) atoms. The molecule has 0 fully saturated rings. The van der Waals surface area contributed by atoms with E-state index in [2.05, 4.69) is 17.6 Å². The zero-order chi connectivity index (χ0) is 14.1. The Balaban J connectivity index is 3.99. The molecule has 0 radical (unpaired) electrons. The molecule has 0 aromatic carbocycles. The van der Waals surface area contributed by atoms with E-state index in [0.29, 0.717) is 18.2 Å². The Morgan fingerprint density at radius 3 is 2.33 bits per heavy atom. The largest absolute Gasteiger partial charge is 0.480 e. The second-order valence-corrected chi connectivity index (χ2v) is 6.03. The van der Waals surface area contributed by atoms with Crippen molar-refractivity contribution in [3.63, 3.8) is 0 Å². The summed E-state index contributed by atoms with van der Waals surface area (Å²) in [5.41, 5.74) is 0. The topological polar surface area (TPSA) is 78.4 Å². The van der Waals surface area contributed by atoms with Crippen LogP contribution in [0.3, 0.4) is 0 Å². The van der Waals surface area contributed by atoms with Gasteiger partial charge in [0.15, 0.2) is 0 Å². The molecule has 106 valence electrons. The van der Waals surface area contributed by atoms with Crippen LogP contribution in [-0.2, 0) is 4.79 Å². The van der Waals surface area contributed by atoms with Gasteiger partial charge in [0.2, 0.25) is 0 Å². The highest BCUT2D eigenvalue weighted by Crippen LogP contribution is 2.08. The normalized spacial score (nSPS) is 14.1. The molecular formula is C12H24N2O3S. The van der Waals surface area contributed by atoms with Gasteiger partial charge < -0.3 is 15.7 Å². The van der Waals surface area contributed by atoms with Gasteiger partial charge in [0, 0.05) is 11.8 Å². The van der Waals surface area contributed by atoms with E-state index in [4.69, 9.17) is 5.11 Å². The lowest BCUT2D eigenvalue weighted by atomic mass is 10.0. The number of rotatable bonds is 8. The number of amides is 2. The van der Waals surface area contributed by atoms with Crippen LogP contribution in [0.2, 0.25) is 0 Å². The third kappa shape index (κ3) is 8.22. The van der Waals surface area contributed by atoms with Crippen molar-refractivity contribution in [2.75, 3.05) is 12.8 Å². The third-order valence-electron chi connectivity index (χ3n) is 2.55. The van der Waals surface area contributed by atoms with Crippen molar-refractivity contribution in [2.24, 2.45) is 5.92 Å². The molecule has 0 aliphatic heterocycles. The minimum Gasteiger partial charge on any atom is -0.480 e. The first-order chi connectivity index (χ1) is 8.36. The van der Waals surface area contributed by atoms with Crippen LogP contribution in [0, 0.1) is 5.92 Å². The van der Waals surface area contributed by atoms with Crippen LogP contribution in [0.5, 0.6) is 0 Å². The van der Waals surface area contributed by atoms with E-state index in [1.54, 1.807) is 11.8 Å². The second-order valence-electron chi connectivity index (χ2n) is 4.76. The number of thioether (sulfide) groups is 1. The molecular weight excluding hydrogens is 252 g/mol. The molecule has 0 spiro atoms. The van der Waals surface area contributed by atoms with Crippen LogP contribution in [0.25, 0.3) is 0 Å². The van der Waals surface area contributed by atoms with Crippen molar-refractivity contribution < 1.29 is 14.7 Å². The van der Waals surface area contributed by atoms with Gasteiger partial charge in [-0.1, -0.05) is 20.8 Å². The second kappa shape index (κ2) is 9.08. The lowest BCUT2D eigenvalue weighted by molar-refractivity contribution is -0.139. The minimum absolute atomic E-state index is 0.225. The smallest absolute Gasteiger partial charge is 0.326 e. The molecule has 0 aromatic rings. The molecule has 0 saturated carbocycles. The van der Waals surface area contributed by atoms with E-state index in [9.17, 15) is 9.59 Å². The SMILES string of the molecule is CSC(C)CCNC(=O)N[C@@H](CC(C)C)C(=O)O. The first-order valence-electron chi connectivity index (χ1n) is 6.16. The maximum atomic E-state index is 11.5. The van der Waals surface area contributed by atoms with Crippen molar-refractivity contribution >= 4 is 23.8 Å². The number of aliphatic carboxylic acids is 1. The fourth-order valence-electron chi connectivity index (χ4n) is 1.41. The van der Waals surface area contributed by atoms with Gasteiger partial charge in [0.05, 0.1) is 0 Å². The van der Waals surface area contributed by atoms with Gasteiger partial charge in [0.25, 0.3) is 0 Å². The lowest BCUT2D eigenvalue weighted by Crippen LogP contribution is -2.46. The molecule has 0 heterocycles. The molecule has 0 aliphatic carbocycles. The summed E-state index contributed by atoms with van der Waals surface area (Å²) in [5.74, 6) is -0.765. The van der Waals surface area contributed by atoms with Gasteiger partial charge in [-0.2, -0.15) is 11.8 Å². The zero-order valence-electron chi connectivity index (χ0n) is 11.5. The number of hydrogen-bond acceptors (Lipinski definition) is 3. The number of carboxylic acids is 1. The van der Waals surface area contributed by atoms with Gasteiger partial charge in [0.1, 0.15) is 6.04 Å². The summed E-state index contributed by atoms with van der Waals surface area (Å²) < 4.78 is 0. The fraction of sp³-hybridized carbons (Fsp3) is 0.833. The van der Waals surface area contributed by atoms with Gasteiger partial charge in [-0.25, -0.2) is 9.59 Å². The Morgan fingerprint density at radius 1 is 1.28 bits per heavy atom. The van der Waals surface area contributed by atoms with Crippen molar-refractivity contribution in [2.45, 2.75) is 44.9 Å². The highest BCUT2D eigenvalue weighted by molar-refractivity contribution is 7.99. The van der Waals surface area contributed by atoms with Crippen molar-refractivity contribution in [1.29, 1.82) is 0 Å². The predicted molar refractivity (Wildman–Crippen MR) is 75.0 cm³/mol. The predicted octanol–water partition coefficient (Wildman–Crippen LogP) is 1.93. The van der Waals surface area contributed by atoms with Gasteiger partial charge in [-0.15, -0.1) is 0 Å². The minimum atomic E-state index is -0.990. The average molecular weight is 276 g/mol. The Kier molecular flexibility index (Phi) is 8.62. The van der Waals surface area contributed by atoms with Crippen molar-refractivity contribution in [1.82, 2.24) is 10.6 Å². The summed E-state index contributed by atoms with van der Waals surface area (Å²) >= 11 is 1.74. The number of carbonyl (C=O) groups excluding carboxylic acids is 1. The van der Waals surface area contributed by atoms with Crippen LogP contribution in [0.15, 0.2) is 0 Å². The number of carbonyl (C=O) groups is 2. The van der Waals surface area contributed by atoms with Gasteiger partial charge >= 0.3 is 12.0 Å². The first kappa shape index (κ1) is 17.1. The molecule has 0 aromatic heterocycles. The van der Waals surface area contributed by atoms with Gasteiger partial charge in [-0.05, 0) is 25.0 Å². The Morgan fingerprint density at radius 2 is 1.89 bits per heavy atom. The number of nitrogens with one attached hydrogen (secondary N) is 2. The van der Waals surface area contributed by atoms with E-state index in [-0.39, 0.29) is 5.92 Å². The lowest BCUT2D eigenvalue weighted by Gasteiger charge is -2.17. The van der Waals surface area contributed by atoms with E-state index >= 15 is 0 Å². The zero-order valence-corrected chi connectivity index (χ0v) is 12.3. The van der Waals surface area contributed by atoms with Crippen LogP contribution in [-0.4, -0.2) is 41.2 Å². The quantitative estimate of drug-likeness (QED) is 0.633. The van der Waals surface area contributed by atoms with Gasteiger partial charge in [-0.3, -0.25) is 0 Å². The maximum Gasteiger partial charge on any atom is 0.326 e. The summed E-state index contributed by atoms with van der Waals surface area (Å²) in [5, 5.41) is 14.6. The van der Waals surface area contributed by atoms with Crippen molar-refractivity contribution in [3.8, 4) is 0 Å². The highest BCUT2D eigenvalue weighted by atomic mass is 32.2. The summed E-state index contributed by atoms with van der Waals surface area (Å²) in [7, 11) is 0. The van der Waals surface area contributed by atoms with Crippen LogP contribution in [0.4, 0.5) is 4.79 Å². The van der Waals surface area contributed by atoms with Crippen molar-refractivity contribution in [3.05, 3.63) is 0 Å². The Hall–Kier alpha value is -0.910. The third-order valence-corrected chi connectivity index (χ3v) is 3.59. The Bertz CT molecular complexity index is 272. The van der Waals surface area contributed by atoms with Crippen LogP contribution < -0.4 is 10.6 Å². The number of carboxylic acid groups (broad SMARTS) is 1. The van der Waals surface area contributed by atoms with E-state index in [1.807, 2.05) is 20.1 Å². The molecule has 1 unspecified atom stereocenters. The number of urea groups is 1. The molecule has 6 heteroatoms. The molecule has 0 rings (SSSR count). The average Bonchev–Trinajstić information content (AvgIpc) is 2.27. The molecule has 0 bridgehead atoms. The molecule has 5 nitrogen and oxygen atoms in total. The van der Waals surface area contributed by atoms with Crippen LogP contribution in [0.1, 0.15) is 33.6 Å². The maximum absolute atomic E-state index is 11.5. The Labute approximate surface area is 113 Å². The standard InChI is InChI=1S/C12H24N2O3S/c1-8(2)7-10(11(15)16)14-12(17)13-6-5-9(3)18-4/h8-10H,5-7H2,1-4H3,(H,15,16)(H2,13,14,17)/t9?,10-/m0/s1. The summed E-state index contributed by atoms with van der Waals surface area (Å²) in [6.07, 6.45) is 3.33. The first-order valence-corrected chi connectivity index (χ1v) is 7.45. The molecule has 3 N–H and O–H groups in total.